The van der Waals surface area contributed by atoms with Gasteiger partial charge in [-0.15, -0.1) is 0 Å². The van der Waals surface area contributed by atoms with E-state index in [0.29, 0.717) is 0 Å². The Morgan fingerprint density at radius 1 is 0.842 bits per heavy atom. The minimum atomic E-state index is -2.74. The molecule has 94 valence electrons. The average Bonchev–Trinajstić information content (AvgIpc) is 1.82. The SMILES string of the molecule is O=C(O)CC(O)(CC(=O)O)C(=O)O.[Na+].[Na+].[Na+].[O-2].[OH-].[Ti]. The van der Waals surface area contributed by atoms with Crippen LogP contribution in [0.3, 0.4) is 0 Å². The van der Waals surface area contributed by atoms with Gasteiger partial charge in [0.25, 0.3) is 0 Å². The summed E-state index contributed by atoms with van der Waals surface area (Å²) in [5.74, 6) is -5.02. The number of carbonyl (C=O) groups is 3. The number of aliphatic carboxylic acids is 3. The molecule has 5 N–H and O–H groups in total. The van der Waals surface area contributed by atoms with Gasteiger partial charge in [0.05, 0.1) is 12.8 Å². The van der Waals surface area contributed by atoms with Crippen LogP contribution in [0.15, 0.2) is 0 Å². The molecule has 0 aliphatic rings. The van der Waals surface area contributed by atoms with Gasteiger partial charge in [-0.3, -0.25) is 9.59 Å². The molecule has 0 aromatic heterocycles. The summed E-state index contributed by atoms with van der Waals surface area (Å²) in [6, 6.07) is 0. The van der Waals surface area contributed by atoms with Crippen LogP contribution in [0.5, 0.6) is 0 Å². The van der Waals surface area contributed by atoms with Crippen molar-refractivity contribution in [3.05, 3.63) is 0 Å². The number of carboxylic acid groups (broad SMARTS) is 3. The molecule has 0 saturated carbocycles. The average molecular weight is 342 g/mol. The quantitative estimate of drug-likeness (QED) is 0.354. The second-order valence-corrected chi connectivity index (χ2v) is 2.48. The molecular formula is C6H9Na3O9Ti. The van der Waals surface area contributed by atoms with Crippen molar-refractivity contribution in [2.24, 2.45) is 0 Å². The van der Waals surface area contributed by atoms with Crippen molar-refractivity contribution in [3.8, 4) is 0 Å². The topological polar surface area (TPSA) is 191 Å². The fraction of sp³-hybridized carbons (Fsp3) is 0.500. The predicted molar refractivity (Wildman–Crippen MR) is 39.7 cm³/mol. The van der Waals surface area contributed by atoms with Gasteiger partial charge in [-0.25, -0.2) is 4.79 Å². The largest absolute Gasteiger partial charge is 2.00 e. The molecule has 0 aliphatic heterocycles. The first-order valence-corrected chi connectivity index (χ1v) is 3.17. The molecule has 0 heterocycles. The van der Waals surface area contributed by atoms with Gasteiger partial charge in [0.2, 0.25) is 0 Å². The second kappa shape index (κ2) is 20.0. The molecule has 0 aromatic carbocycles. The van der Waals surface area contributed by atoms with Crippen LogP contribution < -0.4 is 88.7 Å². The fourth-order valence-electron chi connectivity index (χ4n) is 0.714. The normalized spacial score (nSPS) is 7.42. The molecular weight excluding hydrogens is 333 g/mol. The maximum Gasteiger partial charge on any atom is 1.00 e. The van der Waals surface area contributed by atoms with Crippen molar-refractivity contribution < 1.29 is 156 Å². The molecule has 0 rings (SSSR count). The van der Waals surface area contributed by atoms with Crippen LogP contribution in [0.1, 0.15) is 12.8 Å². The van der Waals surface area contributed by atoms with Crippen molar-refractivity contribution in [2.75, 3.05) is 0 Å². The van der Waals surface area contributed by atoms with Gasteiger partial charge in [-0.05, 0) is 0 Å². The summed E-state index contributed by atoms with van der Waals surface area (Å²) in [5.41, 5.74) is -2.74. The zero-order chi connectivity index (χ0) is 10.6. The molecule has 19 heavy (non-hydrogen) atoms. The number of hydrogen-bond acceptors (Lipinski definition) is 5. The van der Waals surface area contributed by atoms with E-state index in [2.05, 4.69) is 0 Å². The van der Waals surface area contributed by atoms with Crippen LogP contribution in [0.2, 0.25) is 0 Å². The van der Waals surface area contributed by atoms with E-state index in [1.165, 1.54) is 0 Å². The molecule has 0 bridgehead atoms. The summed E-state index contributed by atoms with van der Waals surface area (Å²) in [6.07, 6.45) is -2.29. The fourth-order valence-corrected chi connectivity index (χ4v) is 0.714. The van der Waals surface area contributed by atoms with E-state index in [1.54, 1.807) is 0 Å². The Morgan fingerprint density at radius 2 is 1.05 bits per heavy atom. The minimum absolute atomic E-state index is 0. The third kappa shape index (κ3) is 20.0. The summed E-state index contributed by atoms with van der Waals surface area (Å²) in [7, 11) is 0. The number of carboxylic acids is 3. The molecule has 0 saturated heterocycles. The smallest absolute Gasteiger partial charge is 1.00 e. The zero-order valence-electron chi connectivity index (χ0n) is 10.8. The first kappa shape index (κ1) is 42.9. The maximum absolute atomic E-state index is 10.3. The van der Waals surface area contributed by atoms with Crippen molar-refractivity contribution >= 4 is 17.9 Å². The van der Waals surface area contributed by atoms with E-state index in [9.17, 15) is 14.4 Å². The first-order chi connectivity index (χ1) is 5.78. The van der Waals surface area contributed by atoms with Gasteiger partial charge < -0.3 is 31.4 Å². The van der Waals surface area contributed by atoms with E-state index in [4.69, 9.17) is 20.4 Å². The van der Waals surface area contributed by atoms with E-state index in [1.807, 2.05) is 0 Å². The van der Waals surface area contributed by atoms with Crippen molar-refractivity contribution in [1.82, 2.24) is 0 Å². The molecule has 9 nitrogen and oxygen atoms in total. The summed E-state index contributed by atoms with van der Waals surface area (Å²) in [5, 5.41) is 33.8. The van der Waals surface area contributed by atoms with Gasteiger partial charge in [0, 0.05) is 21.7 Å². The molecule has 0 unspecified atom stereocenters. The summed E-state index contributed by atoms with van der Waals surface area (Å²) < 4.78 is 0. The number of hydrogen-bond donors (Lipinski definition) is 4. The first-order valence-electron chi connectivity index (χ1n) is 3.17. The van der Waals surface area contributed by atoms with Crippen LogP contribution >= 0.6 is 0 Å². The Kier molecular flexibility index (Phi) is 45.1. The molecule has 0 spiro atoms. The Bertz CT molecular complexity index is 246. The predicted octanol–water partition coefficient (Wildman–Crippen LogP) is -10.5. The molecule has 0 amide bonds. The van der Waals surface area contributed by atoms with E-state index >= 15 is 0 Å². The van der Waals surface area contributed by atoms with Crippen LogP contribution in [0, 0.1) is 0 Å². The van der Waals surface area contributed by atoms with Crippen LogP contribution in [0.25, 0.3) is 0 Å². The van der Waals surface area contributed by atoms with Gasteiger partial charge in [0.1, 0.15) is 0 Å². The van der Waals surface area contributed by atoms with Gasteiger partial charge in [-0.1, -0.05) is 0 Å². The molecule has 0 aliphatic carbocycles. The molecule has 0 atom stereocenters. The summed E-state index contributed by atoms with van der Waals surface area (Å²) in [4.78, 5) is 30.5. The zero-order valence-corrected chi connectivity index (χ0v) is 18.3. The minimum Gasteiger partial charge on any atom is -2.00 e. The summed E-state index contributed by atoms with van der Waals surface area (Å²) in [6.45, 7) is 0. The van der Waals surface area contributed by atoms with Gasteiger partial charge in [0.15, 0.2) is 5.60 Å². The van der Waals surface area contributed by atoms with E-state index in [-0.39, 0.29) is 121 Å². The Morgan fingerprint density at radius 3 is 1.16 bits per heavy atom. The standard InChI is InChI=1S/C6H8O7.3Na.H2O.O.Ti/c7-3(8)1-6(13,5(11)12)2-4(9)10;;;;;;/h13H,1-2H2,(H,7,8)(H,9,10)(H,11,12);;;;1H2;;/q;3*+1;;-2;/p-1. The molecule has 13 heteroatoms. The van der Waals surface area contributed by atoms with Gasteiger partial charge in [-0.2, -0.15) is 0 Å². The van der Waals surface area contributed by atoms with Crippen molar-refractivity contribution in [1.29, 1.82) is 0 Å². The van der Waals surface area contributed by atoms with E-state index in [0.717, 1.165) is 0 Å². The third-order valence-corrected chi connectivity index (χ3v) is 1.29. The van der Waals surface area contributed by atoms with Crippen molar-refractivity contribution in [2.45, 2.75) is 18.4 Å². The summed E-state index contributed by atoms with van der Waals surface area (Å²) >= 11 is 0. The van der Waals surface area contributed by atoms with Crippen LogP contribution in [-0.2, 0) is 41.6 Å². The Labute approximate surface area is 189 Å². The molecule has 0 radical (unpaired) electrons. The second-order valence-electron chi connectivity index (χ2n) is 2.48. The molecule has 0 fully saturated rings. The van der Waals surface area contributed by atoms with Crippen LogP contribution in [-0.4, -0.2) is 49.4 Å². The Balaban J connectivity index is -0.0000000480. The number of rotatable bonds is 5. The number of aliphatic hydroxyl groups is 1. The molecule has 0 aromatic rings. The monoisotopic (exact) mass is 342 g/mol. The third-order valence-electron chi connectivity index (χ3n) is 1.29. The van der Waals surface area contributed by atoms with Gasteiger partial charge >= 0.3 is 107 Å². The maximum atomic E-state index is 10.3. The van der Waals surface area contributed by atoms with Crippen molar-refractivity contribution in [3.63, 3.8) is 0 Å². The van der Waals surface area contributed by atoms with E-state index < -0.39 is 36.4 Å². The Hall–Kier alpha value is 2.00. The van der Waals surface area contributed by atoms with Crippen LogP contribution in [0.4, 0.5) is 0 Å².